The third-order valence-electron chi connectivity index (χ3n) is 4.99. The van der Waals surface area contributed by atoms with E-state index in [0.717, 1.165) is 19.2 Å². The largest absolute Gasteiger partial charge is 0.491 e. The first-order valence-corrected chi connectivity index (χ1v) is 10.6. The number of amides is 1. The number of azide groups is 1. The van der Waals surface area contributed by atoms with Crippen molar-refractivity contribution in [3.8, 4) is 5.75 Å². The molecular formula is C23H24F4N4O5. The Morgan fingerprint density at radius 2 is 1.67 bits per heavy atom. The number of carbonyl (C=O) groups is 2. The highest BCUT2D eigenvalue weighted by molar-refractivity contribution is 5.88. The smallest absolute Gasteiger partial charge is 0.416 e. The number of alkyl halides is 4. The van der Waals surface area contributed by atoms with Crippen LogP contribution in [0.25, 0.3) is 10.4 Å². The number of aliphatic hydroxyl groups is 1. The Labute approximate surface area is 203 Å². The van der Waals surface area contributed by atoms with Crippen LogP contribution in [0.3, 0.4) is 0 Å². The minimum absolute atomic E-state index is 0.0442. The maximum absolute atomic E-state index is 12.8. The number of hydrogen-bond acceptors (Lipinski definition) is 6. The van der Waals surface area contributed by atoms with Gasteiger partial charge in [0.1, 0.15) is 37.2 Å². The molecule has 0 aliphatic heterocycles. The Morgan fingerprint density at radius 1 is 1.08 bits per heavy atom. The Hall–Kier alpha value is -3.83. The van der Waals surface area contributed by atoms with Crippen LogP contribution in [0, 0.1) is 0 Å². The molecule has 36 heavy (non-hydrogen) atoms. The van der Waals surface area contributed by atoms with E-state index in [-0.39, 0.29) is 19.4 Å². The highest BCUT2D eigenvalue weighted by atomic mass is 19.4. The van der Waals surface area contributed by atoms with Crippen molar-refractivity contribution in [3.63, 3.8) is 0 Å². The van der Waals surface area contributed by atoms with Gasteiger partial charge in [-0.25, -0.2) is 9.18 Å². The van der Waals surface area contributed by atoms with E-state index in [1.807, 2.05) is 0 Å². The van der Waals surface area contributed by atoms with E-state index in [1.165, 1.54) is 24.3 Å². The van der Waals surface area contributed by atoms with Crippen LogP contribution < -0.4 is 10.1 Å². The summed E-state index contributed by atoms with van der Waals surface area (Å²) in [6.45, 7) is -1.19. The zero-order valence-corrected chi connectivity index (χ0v) is 19.1. The molecule has 13 heteroatoms. The molecule has 2 aromatic rings. The summed E-state index contributed by atoms with van der Waals surface area (Å²) in [5.41, 5.74) is 8.94. The standard InChI is InChI=1S/C23H24F4N4O5/c1-35-22(34)20(11-14-2-6-16(7-3-14)23(25,26)27)29-21(33)19(30-31-28)10-15-4-8-18(9-5-15)36-13-17(32)12-24/h2-9,17,19-20,32H,10-13H2,1H3,(H,29,33)/t17?,19-,20-/m0/s1. The molecule has 0 aliphatic carbocycles. The number of hydrogen-bond donors (Lipinski definition) is 2. The summed E-state index contributed by atoms with van der Waals surface area (Å²) >= 11 is 0. The van der Waals surface area contributed by atoms with Crippen molar-refractivity contribution in [1.29, 1.82) is 0 Å². The molecule has 0 fully saturated rings. The van der Waals surface area contributed by atoms with E-state index in [0.29, 0.717) is 16.9 Å². The monoisotopic (exact) mass is 512 g/mol. The van der Waals surface area contributed by atoms with Crippen LogP contribution >= 0.6 is 0 Å². The van der Waals surface area contributed by atoms with Crippen LogP contribution in [0.2, 0.25) is 0 Å². The second kappa shape index (κ2) is 13.3. The molecule has 0 aromatic heterocycles. The van der Waals surface area contributed by atoms with Gasteiger partial charge in [0.2, 0.25) is 5.91 Å². The molecule has 1 unspecified atom stereocenters. The van der Waals surface area contributed by atoms with Gasteiger partial charge in [-0.15, -0.1) is 0 Å². The third kappa shape index (κ3) is 8.75. The SMILES string of the molecule is COC(=O)[C@H](Cc1ccc(C(F)(F)F)cc1)NC(=O)[C@H](Cc1ccc(OCC(O)CF)cc1)N=[N+]=[N-]. The number of esters is 1. The second-order valence-electron chi connectivity index (χ2n) is 7.67. The summed E-state index contributed by atoms with van der Waals surface area (Å²) in [4.78, 5) is 27.7. The summed E-state index contributed by atoms with van der Waals surface area (Å²) in [5, 5.41) is 15.1. The van der Waals surface area contributed by atoms with Gasteiger partial charge in [0.15, 0.2) is 0 Å². The lowest BCUT2D eigenvalue weighted by Crippen LogP contribution is -2.47. The molecule has 0 spiro atoms. The molecular weight excluding hydrogens is 488 g/mol. The normalized spacial score (nSPS) is 13.6. The first kappa shape index (κ1) is 28.4. The Bertz CT molecular complexity index is 1060. The fourth-order valence-electron chi connectivity index (χ4n) is 3.10. The second-order valence-corrected chi connectivity index (χ2v) is 7.67. The maximum atomic E-state index is 12.8. The van der Waals surface area contributed by atoms with Crippen LogP contribution in [-0.2, 0) is 33.3 Å². The van der Waals surface area contributed by atoms with Gasteiger partial charge in [-0.3, -0.25) is 4.79 Å². The Kier molecular flexibility index (Phi) is 10.5. The van der Waals surface area contributed by atoms with Crippen LogP contribution in [-0.4, -0.2) is 55.6 Å². The van der Waals surface area contributed by atoms with Crippen molar-refractivity contribution in [3.05, 3.63) is 75.7 Å². The van der Waals surface area contributed by atoms with E-state index in [9.17, 15) is 32.3 Å². The number of nitrogens with one attached hydrogen (secondary N) is 1. The summed E-state index contributed by atoms with van der Waals surface area (Å²) in [5.74, 6) is -1.28. The zero-order chi connectivity index (χ0) is 26.7. The van der Waals surface area contributed by atoms with E-state index >= 15 is 0 Å². The predicted octanol–water partition coefficient (Wildman–Crippen LogP) is 3.54. The number of methoxy groups -OCH3 is 1. The molecule has 2 N–H and O–H groups in total. The molecule has 0 saturated heterocycles. The first-order chi connectivity index (χ1) is 17.1. The molecule has 0 bridgehead atoms. The molecule has 0 saturated carbocycles. The number of benzene rings is 2. The Morgan fingerprint density at radius 3 is 2.19 bits per heavy atom. The lowest BCUT2D eigenvalue weighted by molar-refractivity contribution is -0.145. The average Bonchev–Trinajstić information content (AvgIpc) is 2.86. The van der Waals surface area contributed by atoms with Crippen molar-refractivity contribution >= 4 is 11.9 Å². The molecule has 9 nitrogen and oxygen atoms in total. The molecule has 1 amide bonds. The molecule has 3 atom stereocenters. The van der Waals surface area contributed by atoms with Crippen LogP contribution in [0.5, 0.6) is 5.75 Å². The van der Waals surface area contributed by atoms with Gasteiger partial charge in [-0.1, -0.05) is 29.4 Å². The average molecular weight is 512 g/mol. The van der Waals surface area contributed by atoms with Crippen LogP contribution in [0.1, 0.15) is 16.7 Å². The number of aliphatic hydroxyl groups excluding tert-OH is 1. The van der Waals surface area contributed by atoms with E-state index in [2.05, 4.69) is 15.3 Å². The predicted molar refractivity (Wildman–Crippen MR) is 120 cm³/mol. The number of rotatable bonds is 12. The number of nitrogens with zero attached hydrogens (tertiary/aromatic N) is 3. The highest BCUT2D eigenvalue weighted by Crippen LogP contribution is 2.29. The topological polar surface area (TPSA) is 134 Å². The van der Waals surface area contributed by atoms with Crippen molar-refractivity contribution in [2.45, 2.75) is 37.2 Å². The number of carbonyl (C=O) groups excluding carboxylic acids is 2. The van der Waals surface area contributed by atoms with Gasteiger partial charge < -0.3 is 19.9 Å². The number of ether oxygens (including phenoxy) is 2. The van der Waals surface area contributed by atoms with Gasteiger partial charge in [0.25, 0.3) is 0 Å². The molecule has 0 radical (unpaired) electrons. The zero-order valence-electron chi connectivity index (χ0n) is 19.1. The van der Waals surface area contributed by atoms with Gasteiger partial charge in [-0.05, 0) is 47.3 Å². The maximum Gasteiger partial charge on any atom is 0.416 e. The number of halogens is 4. The van der Waals surface area contributed by atoms with Crippen molar-refractivity contribution in [1.82, 2.24) is 5.32 Å². The summed E-state index contributed by atoms with van der Waals surface area (Å²) < 4.78 is 60.6. The van der Waals surface area contributed by atoms with Crippen molar-refractivity contribution < 1.29 is 41.7 Å². The van der Waals surface area contributed by atoms with E-state index in [4.69, 9.17) is 15.0 Å². The van der Waals surface area contributed by atoms with E-state index in [1.54, 1.807) is 12.1 Å². The summed E-state index contributed by atoms with van der Waals surface area (Å²) in [7, 11) is 1.09. The quantitative estimate of drug-likeness (QED) is 0.148. The molecule has 0 heterocycles. The van der Waals surface area contributed by atoms with Gasteiger partial charge in [0.05, 0.1) is 12.7 Å². The Balaban J connectivity index is 2.09. The highest BCUT2D eigenvalue weighted by Gasteiger charge is 2.31. The van der Waals surface area contributed by atoms with Gasteiger partial charge in [-0.2, -0.15) is 13.2 Å². The lowest BCUT2D eigenvalue weighted by atomic mass is 10.0. The minimum atomic E-state index is -4.52. The minimum Gasteiger partial charge on any atom is -0.491 e. The first-order valence-electron chi connectivity index (χ1n) is 10.6. The van der Waals surface area contributed by atoms with Crippen molar-refractivity contribution in [2.24, 2.45) is 5.11 Å². The molecule has 0 aliphatic rings. The van der Waals surface area contributed by atoms with E-state index < -0.39 is 48.5 Å². The van der Waals surface area contributed by atoms with Crippen LogP contribution in [0.4, 0.5) is 17.6 Å². The molecule has 2 rings (SSSR count). The lowest BCUT2D eigenvalue weighted by Gasteiger charge is -2.19. The fraction of sp³-hybridized carbons (Fsp3) is 0.391. The van der Waals surface area contributed by atoms with Gasteiger partial charge in [0, 0.05) is 11.3 Å². The fourth-order valence-corrected chi connectivity index (χ4v) is 3.10. The third-order valence-corrected chi connectivity index (χ3v) is 4.99. The molecule has 2 aromatic carbocycles. The van der Waals surface area contributed by atoms with Gasteiger partial charge >= 0.3 is 12.1 Å². The summed E-state index contributed by atoms with van der Waals surface area (Å²) in [6, 6.07) is 7.79. The summed E-state index contributed by atoms with van der Waals surface area (Å²) in [6.07, 6.45) is -5.97. The van der Waals surface area contributed by atoms with Crippen LogP contribution in [0.15, 0.2) is 53.6 Å². The molecule has 194 valence electrons. The van der Waals surface area contributed by atoms with Crippen molar-refractivity contribution in [2.75, 3.05) is 20.4 Å².